The lowest BCUT2D eigenvalue weighted by Crippen LogP contribution is -2.32. The normalized spacial score (nSPS) is 15.5. The number of ketones is 1. The maximum Gasteiger partial charge on any atom is 0.240 e. The Bertz CT molecular complexity index is 1110. The van der Waals surface area contributed by atoms with Crippen LogP contribution in [0, 0.1) is 0 Å². The number of benzene rings is 2. The number of hydrogen-bond acceptors (Lipinski definition) is 5. The molecule has 0 amide bonds. The Balaban J connectivity index is 2.00. The molecule has 2 aromatic carbocycles. The van der Waals surface area contributed by atoms with Crippen LogP contribution in [0.15, 0.2) is 46.2 Å². The molecule has 162 valence electrons. The summed E-state index contributed by atoms with van der Waals surface area (Å²) in [5, 5.41) is 0. The van der Waals surface area contributed by atoms with Gasteiger partial charge in [0.1, 0.15) is 0 Å². The summed E-state index contributed by atoms with van der Waals surface area (Å²) in [6, 6.07) is 8.35. The van der Waals surface area contributed by atoms with E-state index in [-0.39, 0.29) is 38.8 Å². The van der Waals surface area contributed by atoms with Crippen molar-refractivity contribution in [2.45, 2.75) is 62.4 Å². The first-order chi connectivity index (χ1) is 14.0. The van der Waals surface area contributed by atoms with E-state index in [0.717, 1.165) is 0 Å². The van der Waals surface area contributed by atoms with Crippen LogP contribution in [0.25, 0.3) is 11.1 Å². The summed E-state index contributed by atoms with van der Waals surface area (Å²) < 4.78 is 55.5. The van der Waals surface area contributed by atoms with Crippen LogP contribution >= 0.6 is 0 Å². The predicted octanol–water partition coefficient (Wildman–Crippen LogP) is 3.05. The Kier molecular flexibility index (Phi) is 6.20. The van der Waals surface area contributed by atoms with E-state index in [1.807, 2.05) is 13.8 Å². The van der Waals surface area contributed by atoms with Crippen LogP contribution < -0.4 is 9.44 Å². The molecule has 30 heavy (non-hydrogen) atoms. The van der Waals surface area contributed by atoms with Crippen LogP contribution in [-0.4, -0.2) is 34.7 Å². The molecule has 0 radical (unpaired) electrons. The lowest BCUT2D eigenvalue weighted by Gasteiger charge is -2.13. The van der Waals surface area contributed by atoms with Gasteiger partial charge >= 0.3 is 0 Å². The highest BCUT2D eigenvalue weighted by molar-refractivity contribution is 7.89. The van der Waals surface area contributed by atoms with E-state index in [1.54, 1.807) is 26.0 Å². The molecule has 0 saturated heterocycles. The SMILES string of the molecule is CC[C@@H](C)NS(=O)(=O)c1ccc2c(c1)C(=O)c1cc(S(=O)(=O)N[C@@H](C)CC)ccc1-2. The topological polar surface area (TPSA) is 109 Å². The van der Waals surface area contributed by atoms with Gasteiger partial charge in [0.05, 0.1) is 9.79 Å². The first kappa shape index (κ1) is 22.6. The van der Waals surface area contributed by atoms with Crippen molar-refractivity contribution in [2.24, 2.45) is 0 Å². The number of carbonyl (C=O) groups is 1. The van der Waals surface area contributed by atoms with Gasteiger partial charge in [0.2, 0.25) is 20.0 Å². The van der Waals surface area contributed by atoms with Crippen molar-refractivity contribution in [1.82, 2.24) is 9.44 Å². The molecule has 0 heterocycles. The van der Waals surface area contributed by atoms with Crippen LogP contribution in [0.3, 0.4) is 0 Å². The molecule has 0 aromatic heterocycles. The molecule has 1 aliphatic rings. The lowest BCUT2D eigenvalue weighted by molar-refractivity contribution is 0.104. The van der Waals surface area contributed by atoms with Gasteiger partial charge in [-0.15, -0.1) is 0 Å². The number of nitrogens with one attached hydrogen (secondary N) is 2. The summed E-state index contributed by atoms with van der Waals surface area (Å²) >= 11 is 0. The van der Waals surface area contributed by atoms with Gasteiger partial charge in [-0.1, -0.05) is 26.0 Å². The van der Waals surface area contributed by atoms with Crippen LogP contribution in [0.4, 0.5) is 0 Å². The van der Waals surface area contributed by atoms with Crippen LogP contribution in [-0.2, 0) is 20.0 Å². The summed E-state index contributed by atoms with van der Waals surface area (Å²) in [6.45, 7) is 7.28. The molecule has 7 nitrogen and oxygen atoms in total. The van der Waals surface area contributed by atoms with Crippen molar-refractivity contribution in [3.63, 3.8) is 0 Å². The van der Waals surface area contributed by atoms with E-state index in [9.17, 15) is 21.6 Å². The fraction of sp³-hybridized carbons (Fsp3) is 0.381. The quantitative estimate of drug-likeness (QED) is 0.548. The third-order valence-electron chi connectivity index (χ3n) is 5.32. The van der Waals surface area contributed by atoms with E-state index in [0.29, 0.717) is 24.0 Å². The number of hydrogen-bond donors (Lipinski definition) is 2. The molecular weight excluding hydrogens is 424 g/mol. The number of rotatable bonds is 8. The number of sulfonamides is 2. The van der Waals surface area contributed by atoms with Crippen LogP contribution in [0.1, 0.15) is 56.5 Å². The summed E-state index contributed by atoms with van der Waals surface area (Å²) in [7, 11) is -7.52. The van der Waals surface area contributed by atoms with Gasteiger partial charge in [-0.3, -0.25) is 4.79 Å². The van der Waals surface area contributed by atoms with Gasteiger partial charge in [-0.2, -0.15) is 0 Å². The highest BCUT2D eigenvalue weighted by Crippen LogP contribution is 2.38. The maximum absolute atomic E-state index is 13.0. The van der Waals surface area contributed by atoms with E-state index < -0.39 is 20.0 Å². The molecule has 0 aliphatic heterocycles. The second-order valence-electron chi connectivity index (χ2n) is 7.61. The number of fused-ring (bicyclic) bond motifs is 3. The van der Waals surface area contributed by atoms with Gasteiger partial charge < -0.3 is 0 Å². The molecule has 9 heteroatoms. The molecule has 0 unspecified atom stereocenters. The highest BCUT2D eigenvalue weighted by atomic mass is 32.2. The molecule has 0 fully saturated rings. The van der Waals surface area contributed by atoms with Crippen LogP contribution in [0.2, 0.25) is 0 Å². The third kappa shape index (κ3) is 4.20. The molecule has 1 aliphatic carbocycles. The summed E-state index contributed by atoms with van der Waals surface area (Å²) in [6.07, 6.45) is 1.27. The lowest BCUT2D eigenvalue weighted by atomic mass is 10.1. The second kappa shape index (κ2) is 8.22. The molecule has 2 aromatic rings. The summed E-state index contributed by atoms with van der Waals surface area (Å²) in [5.41, 5.74) is 1.69. The fourth-order valence-electron chi connectivity index (χ4n) is 3.20. The first-order valence-electron chi connectivity index (χ1n) is 9.88. The minimum absolute atomic E-state index is 0.00832. The van der Waals surface area contributed by atoms with Gasteiger partial charge in [0.25, 0.3) is 0 Å². The standard InChI is InChI=1S/C21H26N2O5S2/c1-5-13(3)22-29(25,26)15-7-9-17-18-10-8-16(30(27,28)23-14(4)6-2)12-20(18)21(24)19(17)11-15/h7-14,22-23H,5-6H2,1-4H3/t13-,14+. The molecule has 2 atom stereocenters. The molecule has 2 N–H and O–H groups in total. The number of carbonyl (C=O) groups excluding carboxylic acids is 1. The van der Waals surface area contributed by atoms with Crippen molar-refractivity contribution >= 4 is 25.8 Å². The minimum Gasteiger partial charge on any atom is -0.289 e. The van der Waals surface area contributed by atoms with E-state index >= 15 is 0 Å². The molecule has 3 rings (SSSR count). The Morgan fingerprint density at radius 2 is 1.07 bits per heavy atom. The predicted molar refractivity (Wildman–Crippen MR) is 115 cm³/mol. The van der Waals surface area contributed by atoms with Crippen LogP contribution in [0.5, 0.6) is 0 Å². The van der Waals surface area contributed by atoms with Gasteiger partial charge in [0, 0.05) is 23.2 Å². The average molecular weight is 451 g/mol. The monoisotopic (exact) mass is 450 g/mol. The van der Waals surface area contributed by atoms with Crippen molar-refractivity contribution in [3.05, 3.63) is 47.5 Å². The van der Waals surface area contributed by atoms with E-state index in [1.165, 1.54) is 24.3 Å². The van der Waals surface area contributed by atoms with Crippen molar-refractivity contribution in [1.29, 1.82) is 0 Å². The third-order valence-corrected chi connectivity index (χ3v) is 8.49. The zero-order valence-corrected chi connectivity index (χ0v) is 19.0. The Labute approximate surface area is 178 Å². The van der Waals surface area contributed by atoms with Crippen molar-refractivity contribution in [2.75, 3.05) is 0 Å². The highest BCUT2D eigenvalue weighted by Gasteiger charge is 2.30. The molecular formula is C21H26N2O5S2. The second-order valence-corrected chi connectivity index (χ2v) is 11.0. The Morgan fingerprint density at radius 3 is 1.40 bits per heavy atom. The zero-order valence-electron chi connectivity index (χ0n) is 17.4. The Morgan fingerprint density at radius 1 is 0.700 bits per heavy atom. The fourth-order valence-corrected chi connectivity index (χ4v) is 5.91. The molecule has 0 saturated carbocycles. The summed E-state index contributed by atoms with van der Waals surface area (Å²) in [4.78, 5) is 13.0. The molecule has 0 spiro atoms. The average Bonchev–Trinajstić information content (AvgIpc) is 2.98. The summed E-state index contributed by atoms with van der Waals surface area (Å²) in [5.74, 6) is -0.388. The smallest absolute Gasteiger partial charge is 0.240 e. The minimum atomic E-state index is -3.76. The maximum atomic E-state index is 13.0. The Hall–Kier alpha value is -2.07. The first-order valence-corrected chi connectivity index (χ1v) is 12.8. The van der Waals surface area contributed by atoms with Crippen molar-refractivity contribution in [3.8, 4) is 11.1 Å². The zero-order chi connectivity index (χ0) is 22.3. The largest absolute Gasteiger partial charge is 0.289 e. The van der Waals surface area contributed by atoms with Gasteiger partial charge in [0.15, 0.2) is 5.78 Å². The van der Waals surface area contributed by atoms with E-state index in [2.05, 4.69) is 9.44 Å². The molecule has 0 bridgehead atoms. The van der Waals surface area contributed by atoms with Gasteiger partial charge in [-0.25, -0.2) is 26.3 Å². The van der Waals surface area contributed by atoms with Gasteiger partial charge in [-0.05, 0) is 62.1 Å². The van der Waals surface area contributed by atoms with Crippen molar-refractivity contribution < 1.29 is 21.6 Å². The van der Waals surface area contributed by atoms with E-state index in [4.69, 9.17) is 0 Å².